The van der Waals surface area contributed by atoms with Gasteiger partial charge in [0, 0.05) is 29.9 Å². The van der Waals surface area contributed by atoms with Crippen molar-refractivity contribution in [3.8, 4) is 28.5 Å². The quantitative estimate of drug-likeness (QED) is 0.390. The zero-order chi connectivity index (χ0) is 26.6. The van der Waals surface area contributed by atoms with Gasteiger partial charge in [-0.2, -0.15) is 0 Å². The Labute approximate surface area is 221 Å². The summed E-state index contributed by atoms with van der Waals surface area (Å²) < 4.78 is 18.6. The number of hydrogen-bond donors (Lipinski definition) is 2. The lowest BCUT2D eigenvalue weighted by molar-refractivity contribution is -0.145. The lowest BCUT2D eigenvalue weighted by Gasteiger charge is -2.34. The van der Waals surface area contributed by atoms with Gasteiger partial charge >= 0.3 is 5.97 Å². The summed E-state index contributed by atoms with van der Waals surface area (Å²) in [5.74, 6) is 0.293. The second-order valence-corrected chi connectivity index (χ2v) is 9.79. The van der Waals surface area contributed by atoms with E-state index in [1.165, 1.54) is 7.11 Å². The number of pyridine rings is 1. The highest BCUT2D eigenvalue weighted by atomic mass is 16.5. The maximum Gasteiger partial charge on any atom is 0.320 e. The Morgan fingerprint density at radius 2 is 2.03 bits per heavy atom. The van der Waals surface area contributed by atoms with Crippen molar-refractivity contribution in [3.05, 3.63) is 42.2 Å². The minimum atomic E-state index is -0.341. The standard InChI is InChI=1S/C28H34N4O6/c1-3-37-26(34)16-31-10-5-4-6-20(31)17-38-21-9-11-32-22(15-29-25(32)14-21)18-12-23(33)27(24(13-18)36-2)28(35)30-19-7-8-19/h9,11-15,19-20,33H,3-8,10,16-17H2,1-2H3,(H,30,35). The van der Waals surface area contributed by atoms with Gasteiger partial charge in [-0.15, -0.1) is 0 Å². The molecule has 0 spiro atoms. The number of likely N-dealkylation sites (tertiary alicyclic amines) is 1. The molecule has 1 atom stereocenters. The van der Waals surface area contributed by atoms with E-state index >= 15 is 0 Å². The van der Waals surface area contributed by atoms with E-state index < -0.39 is 0 Å². The number of aromatic hydroxyl groups is 1. The van der Waals surface area contributed by atoms with E-state index in [-0.39, 0.29) is 41.8 Å². The van der Waals surface area contributed by atoms with Gasteiger partial charge in [0.05, 0.1) is 32.2 Å². The molecule has 2 aliphatic rings. The highest BCUT2D eigenvalue weighted by molar-refractivity contribution is 6.00. The van der Waals surface area contributed by atoms with Gasteiger partial charge in [0.2, 0.25) is 0 Å². The molecule has 10 nitrogen and oxygen atoms in total. The molecule has 10 heteroatoms. The number of nitrogens with one attached hydrogen (secondary N) is 1. The summed E-state index contributed by atoms with van der Waals surface area (Å²) in [6, 6.07) is 7.32. The van der Waals surface area contributed by atoms with E-state index in [2.05, 4.69) is 15.2 Å². The average Bonchev–Trinajstić information content (AvgIpc) is 3.62. The number of rotatable bonds is 10. The summed E-state index contributed by atoms with van der Waals surface area (Å²) in [5.41, 5.74) is 2.22. The van der Waals surface area contributed by atoms with Crippen molar-refractivity contribution in [2.75, 3.05) is 33.4 Å². The van der Waals surface area contributed by atoms with Crippen LogP contribution in [0.1, 0.15) is 49.4 Å². The normalized spacial score (nSPS) is 17.8. The largest absolute Gasteiger partial charge is 0.507 e. The number of aromatic nitrogens is 2. The predicted octanol–water partition coefficient (Wildman–Crippen LogP) is 3.40. The first-order valence-corrected chi connectivity index (χ1v) is 13.2. The number of fused-ring (bicyclic) bond motifs is 1. The van der Waals surface area contributed by atoms with Crippen LogP contribution in [0, 0.1) is 0 Å². The Kier molecular flexibility index (Phi) is 7.69. The Balaban J connectivity index is 1.31. The van der Waals surface area contributed by atoms with E-state index in [0.29, 0.717) is 35.9 Å². The van der Waals surface area contributed by atoms with Gasteiger partial charge in [-0.1, -0.05) is 6.42 Å². The van der Waals surface area contributed by atoms with Crippen LogP contribution in [-0.2, 0) is 9.53 Å². The lowest BCUT2D eigenvalue weighted by atomic mass is 10.0. The monoisotopic (exact) mass is 522 g/mol. The molecule has 1 aliphatic carbocycles. The maximum atomic E-state index is 12.6. The molecule has 5 rings (SSSR count). The molecule has 1 aliphatic heterocycles. The molecular formula is C28H34N4O6. The van der Waals surface area contributed by atoms with Gasteiger partial charge in [-0.05, 0) is 57.4 Å². The predicted molar refractivity (Wildman–Crippen MR) is 141 cm³/mol. The van der Waals surface area contributed by atoms with Crippen LogP contribution in [0.15, 0.2) is 36.7 Å². The van der Waals surface area contributed by atoms with E-state index in [0.717, 1.165) is 44.3 Å². The van der Waals surface area contributed by atoms with E-state index in [1.807, 2.05) is 29.7 Å². The highest BCUT2D eigenvalue weighted by Gasteiger charge is 2.28. The van der Waals surface area contributed by atoms with E-state index in [9.17, 15) is 14.7 Å². The average molecular weight is 523 g/mol. The molecule has 2 fully saturated rings. The Morgan fingerprint density at radius 1 is 1.18 bits per heavy atom. The number of ether oxygens (including phenoxy) is 3. The van der Waals surface area contributed by atoms with Crippen LogP contribution in [0.25, 0.3) is 16.9 Å². The molecule has 2 N–H and O–H groups in total. The van der Waals surface area contributed by atoms with Gasteiger partial charge in [0.25, 0.3) is 5.91 Å². The number of hydrogen-bond acceptors (Lipinski definition) is 8. The number of carbonyl (C=O) groups excluding carboxylic acids is 2. The smallest absolute Gasteiger partial charge is 0.320 e. The van der Waals surface area contributed by atoms with Crippen molar-refractivity contribution in [3.63, 3.8) is 0 Å². The first kappa shape index (κ1) is 25.8. The first-order valence-electron chi connectivity index (χ1n) is 13.2. The first-order chi connectivity index (χ1) is 18.5. The lowest BCUT2D eigenvalue weighted by Crippen LogP contribution is -2.46. The summed E-state index contributed by atoms with van der Waals surface area (Å²) in [7, 11) is 1.48. The maximum absolute atomic E-state index is 12.6. The number of phenols is 1. The fourth-order valence-electron chi connectivity index (χ4n) is 4.91. The van der Waals surface area contributed by atoms with Crippen molar-refractivity contribution < 1.29 is 28.9 Å². The molecule has 1 amide bonds. The number of imidazole rings is 1. The summed E-state index contributed by atoms with van der Waals surface area (Å²) in [6.45, 7) is 3.80. The van der Waals surface area contributed by atoms with Crippen LogP contribution >= 0.6 is 0 Å². The van der Waals surface area contributed by atoms with Crippen molar-refractivity contribution in [2.45, 2.75) is 51.1 Å². The molecule has 1 saturated heterocycles. The van der Waals surface area contributed by atoms with Gasteiger partial charge in [-0.3, -0.25) is 18.9 Å². The number of piperidine rings is 1. The third kappa shape index (κ3) is 5.70. The molecule has 1 unspecified atom stereocenters. The van der Waals surface area contributed by atoms with Crippen molar-refractivity contribution in [2.24, 2.45) is 0 Å². The van der Waals surface area contributed by atoms with Crippen molar-refractivity contribution >= 4 is 17.5 Å². The highest BCUT2D eigenvalue weighted by Crippen LogP contribution is 2.35. The Hall–Kier alpha value is -3.79. The van der Waals surface area contributed by atoms with E-state index in [1.54, 1.807) is 18.3 Å². The second-order valence-electron chi connectivity index (χ2n) is 9.79. The molecule has 3 aromatic rings. The SMILES string of the molecule is CCOC(=O)CN1CCCCC1COc1ccn2c(-c3cc(O)c(C(=O)NC4CC4)c(OC)c3)cnc2c1. The summed E-state index contributed by atoms with van der Waals surface area (Å²) in [6.07, 6.45) is 8.61. The number of phenolic OH excluding ortho intramolecular Hbond substituents is 1. The molecule has 38 heavy (non-hydrogen) atoms. The van der Waals surface area contributed by atoms with Crippen LogP contribution in [0.3, 0.4) is 0 Å². The minimum Gasteiger partial charge on any atom is -0.507 e. The minimum absolute atomic E-state index is 0.132. The Morgan fingerprint density at radius 3 is 2.79 bits per heavy atom. The fourth-order valence-corrected chi connectivity index (χ4v) is 4.91. The van der Waals surface area contributed by atoms with Gasteiger partial charge in [-0.25, -0.2) is 4.98 Å². The zero-order valence-corrected chi connectivity index (χ0v) is 21.8. The molecule has 0 radical (unpaired) electrons. The number of amides is 1. The topological polar surface area (TPSA) is 115 Å². The van der Waals surface area contributed by atoms with Crippen molar-refractivity contribution in [1.82, 2.24) is 19.6 Å². The van der Waals surface area contributed by atoms with Gasteiger partial charge in [0.1, 0.15) is 35.1 Å². The van der Waals surface area contributed by atoms with Crippen LogP contribution < -0.4 is 14.8 Å². The zero-order valence-electron chi connectivity index (χ0n) is 21.8. The van der Waals surface area contributed by atoms with E-state index in [4.69, 9.17) is 14.2 Å². The Bertz CT molecular complexity index is 1320. The van der Waals surface area contributed by atoms with Gasteiger partial charge < -0.3 is 24.6 Å². The number of benzene rings is 1. The number of carbonyl (C=O) groups is 2. The fraction of sp³-hybridized carbons (Fsp3) is 0.464. The number of esters is 1. The summed E-state index contributed by atoms with van der Waals surface area (Å²) in [5, 5.41) is 13.6. The number of nitrogens with zero attached hydrogens (tertiary/aromatic N) is 3. The second kappa shape index (κ2) is 11.3. The van der Waals surface area contributed by atoms with Crippen LogP contribution in [-0.4, -0.2) is 76.8 Å². The van der Waals surface area contributed by atoms with Gasteiger partial charge in [0.15, 0.2) is 0 Å². The van der Waals surface area contributed by atoms with Crippen LogP contribution in [0.5, 0.6) is 17.2 Å². The third-order valence-electron chi connectivity index (χ3n) is 7.05. The molecule has 2 aromatic heterocycles. The van der Waals surface area contributed by atoms with Crippen molar-refractivity contribution in [1.29, 1.82) is 0 Å². The summed E-state index contributed by atoms with van der Waals surface area (Å²) in [4.78, 5) is 31.3. The molecule has 1 aromatic carbocycles. The summed E-state index contributed by atoms with van der Waals surface area (Å²) >= 11 is 0. The van der Waals surface area contributed by atoms with Crippen LogP contribution in [0.4, 0.5) is 0 Å². The van der Waals surface area contributed by atoms with Crippen LogP contribution in [0.2, 0.25) is 0 Å². The molecule has 202 valence electrons. The number of methoxy groups -OCH3 is 1. The molecule has 0 bridgehead atoms. The molecular weight excluding hydrogens is 488 g/mol. The molecule has 3 heterocycles. The third-order valence-corrected chi connectivity index (χ3v) is 7.05. The molecule has 1 saturated carbocycles.